The van der Waals surface area contributed by atoms with Gasteiger partial charge >= 0.3 is 11.9 Å². The number of hydrogen-bond acceptors (Lipinski definition) is 5. The number of carboxylic acids is 1. The zero-order valence-electron chi connectivity index (χ0n) is 6.47. The lowest BCUT2D eigenvalue weighted by Gasteiger charge is -2.17. The molecule has 0 saturated heterocycles. The van der Waals surface area contributed by atoms with Gasteiger partial charge in [0.05, 0.1) is 6.42 Å². The maximum Gasteiger partial charge on any atom is 0.318 e. The molecule has 0 spiro atoms. The summed E-state index contributed by atoms with van der Waals surface area (Å²) in [4.78, 5) is 40.5. The highest BCUT2D eigenvalue weighted by molar-refractivity contribution is 5.91. The minimum Gasteiger partial charge on any atom is -0.481 e. The molecule has 0 saturated carbocycles. The number of carbonyl (C=O) groups is 3. The topological polar surface area (TPSA) is 121 Å². The molecule has 0 aromatic rings. The fraction of sp³-hybridized carbons (Fsp3) is 0.500. The molecule has 0 fully saturated rings. The predicted molar refractivity (Wildman–Crippen MR) is 38.7 cm³/mol. The minimum absolute atomic E-state index is 0.145. The van der Waals surface area contributed by atoms with Crippen molar-refractivity contribution in [2.45, 2.75) is 18.4 Å². The molecule has 0 radical (unpaired) electrons. The van der Waals surface area contributed by atoms with Gasteiger partial charge in [0, 0.05) is 11.6 Å². The van der Waals surface area contributed by atoms with Crippen LogP contribution in [0.2, 0.25) is 0 Å². The summed E-state index contributed by atoms with van der Waals surface area (Å²) in [7, 11) is 0. The maximum absolute atomic E-state index is 10.6. The van der Waals surface area contributed by atoms with Gasteiger partial charge in [0.1, 0.15) is 6.29 Å². The van der Waals surface area contributed by atoms with E-state index in [1.165, 1.54) is 0 Å². The normalized spacial score (nSPS) is 14.2. The van der Waals surface area contributed by atoms with Gasteiger partial charge in [-0.2, -0.15) is 0 Å². The smallest absolute Gasteiger partial charge is 0.318 e. The van der Waals surface area contributed by atoms with Crippen LogP contribution in [0.1, 0.15) is 12.8 Å². The highest BCUT2D eigenvalue weighted by Crippen LogP contribution is 2.16. The summed E-state index contributed by atoms with van der Waals surface area (Å²) in [5.41, 5.74) is -2.50. The monoisotopic (exact) mass is 189 g/mol. The highest BCUT2D eigenvalue weighted by Gasteiger charge is 2.39. The first kappa shape index (κ1) is 11.4. The van der Waals surface area contributed by atoms with Gasteiger partial charge in [0.2, 0.25) is 0 Å². The van der Waals surface area contributed by atoms with Crippen molar-refractivity contribution in [1.29, 1.82) is 0 Å². The highest BCUT2D eigenvalue weighted by atomic mass is 16.4. The average Bonchev–Trinajstić information content (AvgIpc) is 2.02. The first-order valence-electron chi connectivity index (χ1n) is 3.22. The van der Waals surface area contributed by atoms with Gasteiger partial charge in [-0.3, -0.25) is 9.59 Å². The molecule has 0 rings (SSSR count). The Kier molecular flexibility index (Phi) is 3.86. The van der Waals surface area contributed by atoms with Gasteiger partial charge in [0.15, 0.2) is 5.60 Å². The van der Waals surface area contributed by atoms with Crippen LogP contribution >= 0.6 is 0 Å². The van der Waals surface area contributed by atoms with Crippen LogP contribution in [0, 0.1) is 4.91 Å². The first-order chi connectivity index (χ1) is 5.96. The molecule has 0 aromatic carbocycles. The number of amides is 1. The van der Waals surface area contributed by atoms with E-state index in [0.29, 0.717) is 0 Å². The Balaban J connectivity index is 4.69. The van der Waals surface area contributed by atoms with Crippen molar-refractivity contribution in [1.82, 2.24) is 0 Å². The zero-order chi connectivity index (χ0) is 10.5. The fourth-order valence-electron chi connectivity index (χ4n) is 0.708. The third-order valence-corrected chi connectivity index (χ3v) is 1.35. The van der Waals surface area contributed by atoms with E-state index in [2.05, 4.69) is 0 Å². The number of carboxylic acid groups (broad SMARTS) is 1. The molecule has 7 heteroatoms. The van der Waals surface area contributed by atoms with Gasteiger partial charge in [-0.1, -0.05) is 0 Å². The van der Waals surface area contributed by atoms with Gasteiger partial charge in [-0.05, 0) is 0 Å². The molecular formula is C6H7NO6. The lowest BCUT2D eigenvalue weighted by atomic mass is 9.96. The minimum atomic E-state index is -2.50. The van der Waals surface area contributed by atoms with Crippen LogP contribution in [0.5, 0.6) is 0 Å². The number of nitrogens with zero attached hydrogens (tertiary/aromatic N) is 1. The molecule has 0 bridgehead atoms. The second-order valence-corrected chi connectivity index (χ2v) is 2.37. The van der Waals surface area contributed by atoms with E-state index in [4.69, 9.17) is 5.11 Å². The predicted octanol–water partition coefficient (Wildman–Crippen LogP) is -0.926. The van der Waals surface area contributed by atoms with Crippen molar-refractivity contribution in [3.8, 4) is 0 Å². The zero-order valence-corrected chi connectivity index (χ0v) is 6.47. The molecule has 7 nitrogen and oxygen atoms in total. The fourth-order valence-corrected chi connectivity index (χ4v) is 0.708. The SMILES string of the molecule is O=CCC(O)(CC(=O)O)C(=O)N=O. The maximum atomic E-state index is 10.6. The van der Waals surface area contributed by atoms with Crippen molar-refractivity contribution < 1.29 is 24.6 Å². The lowest BCUT2D eigenvalue weighted by molar-refractivity contribution is -0.151. The van der Waals surface area contributed by atoms with E-state index in [9.17, 15) is 24.4 Å². The van der Waals surface area contributed by atoms with Crippen molar-refractivity contribution in [2.24, 2.45) is 5.18 Å². The number of aliphatic hydroxyl groups is 1. The van der Waals surface area contributed by atoms with Crippen LogP contribution in [0.15, 0.2) is 5.18 Å². The van der Waals surface area contributed by atoms with Crippen LogP contribution in [-0.2, 0) is 14.4 Å². The number of nitroso groups, excluding NO2 is 1. The van der Waals surface area contributed by atoms with Crippen LogP contribution in [0.3, 0.4) is 0 Å². The number of aliphatic carboxylic acids is 1. The summed E-state index contributed by atoms with van der Waals surface area (Å²) in [5.74, 6) is -3.05. The Morgan fingerprint density at radius 1 is 1.46 bits per heavy atom. The second-order valence-electron chi connectivity index (χ2n) is 2.37. The molecule has 13 heavy (non-hydrogen) atoms. The van der Waals surface area contributed by atoms with Crippen molar-refractivity contribution >= 4 is 18.2 Å². The quantitative estimate of drug-likeness (QED) is 0.425. The molecular weight excluding hydrogens is 182 g/mol. The summed E-state index contributed by atoms with van der Waals surface area (Å²) in [5, 5.41) is 19.3. The summed E-state index contributed by atoms with van der Waals surface area (Å²) in [6, 6.07) is 0. The summed E-state index contributed by atoms with van der Waals surface area (Å²) < 4.78 is 0. The van der Waals surface area contributed by atoms with E-state index >= 15 is 0 Å². The molecule has 0 aliphatic heterocycles. The van der Waals surface area contributed by atoms with Crippen molar-refractivity contribution in [3.05, 3.63) is 4.91 Å². The Hall–Kier alpha value is -1.63. The molecule has 0 aliphatic rings. The van der Waals surface area contributed by atoms with Crippen molar-refractivity contribution in [3.63, 3.8) is 0 Å². The van der Waals surface area contributed by atoms with Gasteiger partial charge in [-0.25, -0.2) is 0 Å². The Bertz CT molecular complexity index is 250. The van der Waals surface area contributed by atoms with Crippen LogP contribution in [-0.4, -0.2) is 34.0 Å². The molecule has 1 amide bonds. The van der Waals surface area contributed by atoms with E-state index in [-0.39, 0.29) is 6.29 Å². The lowest BCUT2D eigenvalue weighted by Crippen LogP contribution is -2.40. The van der Waals surface area contributed by atoms with Gasteiger partial charge in [0.25, 0.3) is 0 Å². The third kappa shape index (κ3) is 3.08. The van der Waals surface area contributed by atoms with Crippen LogP contribution < -0.4 is 0 Å². The largest absolute Gasteiger partial charge is 0.481 e. The Morgan fingerprint density at radius 3 is 2.31 bits per heavy atom. The molecule has 0 aliphatic carbocycles. The molecule has 2 N–H and O–H groups in total. The molecule has 0 heterocycles. The van der Waals surface area contributed by atoms with E-state index in [1.807, 2.05) is 5.18 Å². The first-order valence-corrected chi connectivity index (χ1v) is 3.22. The van der Waals surface area contributed by atoms with E-state index in [0.717, 1.165) is 0 Å². The third-order valence-electron chi connectivity index (χ3n) is 1.35. The number of aldehydes is 1. The standard InChI is InChI=1S/C6H7NO6/c8-2-1-6(12,3-4(9)10)5(11)7-13/h2,12H,1,3H2,(H,9,10). The molecule has 1 unspecified atom stereocenters. The van der Waals surface area contributed by atoms with Crippen LogP contribution in [0.4, 0.5) is 0 Å². The van der Waals surface area contributed by atoms with Gasteiger partial charge in [-0.15, -0.1) is 4.91 Å². The second kappa shape index (κ2) is 4.41. The summed E-state index contributed by atoms with van der Waals surface area (Å²) >= 11 is 0. The molecule has 1 atom stereocenters. The summed E-state index contributed by atoms with van der Waals surface area (Å²) in [6.07, 6.45) is -1.63. The molecule has 0 aromatic heterocycles. The number of hydrogen-bond donors (Lipinski definition) is 2. The number of rotatable bonds is 5. The Labute approximate surface area is 72.3 Å². The summed E-state index contributed by atoms with van der Waals surface area (Å²) in [6.45, 7) is 0. The Morgan fingerprint density at radius 2 is 2.00 bits per heavy atom. The van der Waals surface area contributed by atoms with Crippen molar-refractivity contribution in [2.75, 3.05) is 0 Å². The van der Waals surface area contributed by atoms with E-state index in [1.54, 1.807) is 0 Å². The average molecular weight is 189 g/mol. The molecule has 72 valence electrons. The number of carbonyl (C=O) groups excluding carboxylic acids is 2. The van der Waals surface area contributed by atoms with Gasteiger partial charge < -0.3 is 15.0 Å². The van der Waals surface area contributed by atoms with E-state index < -0.39 is 30.3 Å². The van der Waals surface area contributed by atoms with Crippen LogP contribution in [0.25, 0.3) is 0 Å².